The van der Waals surface area contributed by atoms with Crippen molar-refractivity contribution in [3.05, 3.63) is 6.20 Å². The second kappa shape index (κ2) is 5.64. The molecule has 0 aromatic carbocycles. The topological polar surface area (TPSA) is 57.0 Å². The maximum absolute atomic E-state index is 10.8. The molecule has 0 aliphatic rings. The normalized spacial score (nSPS) is 10.1. The number of carbonyl (C=O) groups is 1. The van der Waals surface area contributed by atoms with E-state index in [0.717, 1.165) is 11.4 Å². The van der Waals surface area contributed by atoms with Crippen molar-refractivity contribution in [1.82, 2.24) is 15.0 Å². The minimum absolute atomic E-state index is 0.185. The molecule has 0 unspecified atom stereocenters. The SMILES string of the molecule is COC(=O)CCCn1cc(SC)nn1. The van der Waals surface area contributed by atoms with E-state index in [9.17, 15) is 4.79 Å². The van der Waals surface area contributed by atoms with Crippen molar-refractivity contribution in [2.45, 2.75) is 24.4 Å². The van der Waals surface area contributed by atoms with Gasteiger partial charge in [-0.1, -0.05) is 5.21 Å². The smallest absolute Gasteiger partial charge is 0.305 e. The number of hydrogen-bond donors (Lipinski definition) is 0. The van der Waals surface area contributed by atoms with E-state index in [4.69, 9.17) is 0 Å². The molecule has 5 nitrogen and oxygen atoms in total. The standard InChI is InChI=1S/C8H13N3O2S/c1-13-8(12)4-3-5-11-6-7(14-2)9-10-11/h6H,3-5H2,1-2H3. The molecule has 0 aliphatic carbocycles. The molecule has 14 heavy (non-hydrogen) atoms. The van der Waals surface area contributed by atoms with Crippen LogP contribution in [0.1, 0.15) is 12.8 Å². The number of aryl methyl sites for hydroxylation is 1. The number of hydrogen-bond acceptors (Lipinski definition) is 5. The first-order valence-corrected chi connectivity index (χ1v) is 5.49. The zero-order chi connectivity index (χ0) is 10.4. The Bertz CT molecular complexity index is 301. The summed E-state index contributed by atoms with van der Waals surface area (Å²) in [5.41, 5.74) is 0. The molecule has 0 amide bonds. The molecule has 0 bridgehead atoms. The lowest BCUT2D eigenvalue weighted by atomic mass is 10.3. The molecule has 0 aliphatic heterocycles. The minimum atomic E-state index is -0.185. The molecule has 1 aromatic heterocycles. The van der Waals surface area contributed by atoms with Crippen molar-refractivity contribution in [3.8, 4) is 0 Å². The predicted molar refractivity (Wildman–Crippen MR) is 53.1 cm³/mol. The number of esters is 1. The van der Waals surface area contributed by atoms with Crippen LogP contribution in [-0.4, -0.2) is 34.3 Å². The van der Waals surface area contributed by atoms with Crippen molar-refractivity contribution < 1.29 is 9.53 Å². The third-order valence-corrected chi connectivity index (χ3v) is 2.33. The highest BCUT2D eigenvalue weighted by atomic mass is 32.2. The van der Waals surface area contributed by atoms with Crippen LogP contribution in [0, 0.1) is 0 Å². The molecule has 1 rings (SSSR count). The van der Waals surface area contributed by atoms with Crippen LogP contribution in [0.4, 0.5) is 0 Å². The molecule has 6 heteroatoms. The molecule has 0 radical (unpaired) electrons. The van der Waals surface area contributed by atoms with Crippen molar-refractivity contribution in [2.24, 2.45) is 0 Å². The average molecular weight is 215 g/mol. The summed E-state index contributed by atoms with van der Waals surface area (Å²) in [6.07, 6.45) is 4.96. The van der Waals surface area contributed by atoms with Crippen LogP contribution in [-0.2, 0) is 16.1 Å². The molecule has 0 saturated carbocycles. The average Bonchev–Trinajstić information content (AvgIpc) is 2.65. The quantitative estimate of drug-likeness (QED) is 0.540. The monoisotopic (exact) mass is 215 g/mol. The van der Waals surface area contributed by atoms with Gasteiger partial charge in [0.1, 0.15) is 5.03 Å². The fourth-order valence-electron chi connectivity index (χ4n) is 0.971. The number of rotatable bonds is 5. The molecule has 0 spiro atoms. The van der Waals surface area contributed by atoms with Crippen LogP contribution in [0.3, 0.4) is 0 Å². The Labute approximate surface area is 86.8 Å². The third kappa shape index (κ3) is 3.37. The van der Waals surface area contributed by atoms with Gasteiger partial charge in [0.2, 0.25) is 0 Å². The first kappa shape index (κ1) is 11.0. The van der Waals surface area contributed by atoms with Crippen LogP contribution in [0.5, 0.6) is 0 Å². The van der Waals surface area contributed by atoms with Crippen LogP contribution >= 0.6 is 11.8 Å². The van der Waals surface area contributed by atoms with E-state index in [2.05, 4.69) is 15.0 Å². The zero-order valence-electron chi connectivity index (χ0n) is 8.27. The Hall–Kier alpha value is -1.04. The van der Waals surface area contributed by atoms with Crippen LogP contribution in [0.2, 0.25) is 0 Å². The van der Waals surface area contributed by atoms with E-state index in [1.54, 1.807) is 16.4 Å². The van der Waals surface area contributed by atoms with Crippen molar-refractivity contribution in [1.29, 1.82) is 0 Å². The van der Waals surface area contributed by atoms with E-state index in [-0.39, 0.29) is 5.97 Å². The van der Waals surface area contributed by atoms with E-state index >= 15 is 0 Å². The lowest BCUT2D eigenvalue weighted by Crippen LogP contribution is -2.04. The molecule has 0 saturated heterocycles. The Kier molecular flexibility index (Phi) is 4.45. The fraction of sp³-hybridized carbons (Fsp3) is 0.625. The van der Waals surface area contributed by atoms with Gasteiger partial charge >= 0.3 is 5.97 Å². The first-order chi connectivity index (χ1) is 6.76. The molecular weight excluding hydrogens is 202 g/mol. The minimum Gasteiger partial charge on any atom is -0.469 e. The van der Waals surface area contributed by atoms with E-state index in [0.29, 0.717) is 13.0 Å². The number of ether oxygens (including phenoxy) is 1. The maximum Gasteiger partial charge on any atom is 0.305 e. The second-order valence-electron chi connectivity index (χ2n) is 2.70. The molecule has 0 N–H and O–H groups in total. The molecule has 1 aromatic rings. The van der Waals surface area contributed by atoms with Gasteiger partial charge in [0.25, 0.3) is 0 Å². The van der Waals surface area contributed by atoms with Crippen molar-refractivity contribution in [3.63, 3.8) is 0 Å². The number of aromatic nitrogens is 3. The van der Waals surface area contributed by atoms with Crippen LogP contribution in [0.25, 0.3) is 0 Å². The van der Waals surface area contributed by atoms with Gasteiger partial charge in [-0.15, -0.1) is 16.9 Å². The Balaban J connectivity index is 2.27. The lowest BCUT2D eigenvalue weighted by Gasteiger charge is -1.98. The molecule has 0 atom stereocenters. The van der Waals surface area contributed by atoms with E-state index in [1.807, 2.05) is 12.5 Å². The van der Waals surface area contributed by atoms with Gasteiger partial charge in [0, 0.05) is 13.0 Å². The molecule has 78 valence electrons. The Morgan fingerprint density at radius 2 is 2.50 bits per heavy atom. The predicted octanol–water partition coefficient (Wildman–Crippen LogP) is 0.953. The number of thioether (sulfide) groups is 1. The van der Waals surface area contributed by atoms with E-state index < -0.39 is 0 Å². The summed E-state index contributed by atoms with van der Waals surface area (Å²) >= 11 is 1.55. The number of methoxy groups -OCH3 is 1. The summed E-state index contributed by atoms with van der Waals surface area (Å²) in [7, 11) is 1.39. The van der Waals surface area contributed by atoms with Crippen LogP contribution in [0.15, 0.2) is 11.2 Å². The van der Waals surface area contributed by atoms with Gasteiger partial charge in [-0.25, -0.2) is 0 Å². The highest BCUT2D eigenvalue weighted by Gasteiger charge is 2.02. The summed E-state index contributed by atoms with van der Waals surface area (Å²) in [6, 6.07) is 0. The summed E-state index contributed by atoms with van der Waals surface area (Å²) in [5, 5.41) is 8.71. The van der Waals surface area contributed by atoms with Gasteiger partial charge in [-0.2, -0.15) is 0 Å². The molecule has 1 heterocycles. The zero-order valence-corrected chi connectivity index (χ0v) is 9.08. The molecular formula is C8H13N3O2S. The van der Waals surface area contributed by atoms with Gasteiger partial charge < -0.3 is 4.74 Å². The van der Waals surface area contributed by atoms with Gasteiger partial charge in [-0.05, 0) is 12.7 Å². The molecule has 0 fully saturated rings. The largest absolute Gasteiger partial charge is 0.469 e. The highest BCUT2D eigenvalue weighted by Crippen LogP contribution is 2.08. The number of carbonyl (C=O) groups excluding carboxylic acids is 1. The maximum atomic E-state index is 10.8. The fourth-order valence-corrected chi connectivity index (χ4v) is 1.32. The second-order valence-corrected chi connectivity index (χ2v) is 3.53. The lowest BCUT2D eigenvalue weighted by molar-refractivity contribution is -0.140. The van der Waals surface area contributed by atoms with Gasteiger partial charge in [0.15, 0.2) is 0 Å². The van der Waals surface area contributed by atoms with Gasteiger partial charge in [-0.3, -0.25) is 9.48 Å². The highest BCUT2D eigenvalue weighted by molar-refractivity contribution is 7.98. The van der Waals surface area contributed by atoms with Crippen molar-refractivity contribution >= 4 is 17.7 Å². The van der Waals surface area contributed by atoms with Gasteiger partial charge in [0.05, 0.1) is 13.3 Å². The van der Waals surface area contributed by atoms with Crippen LogP contribution < -0.4 is 0 Å². The summed E-state index contributed by atoms with van der Waals surface area (Å²) in [4.78, 5) is 10.8. The summed E-state index contributed by atoms with van der Waals surface area (Å²) in [5.74, 6) is -0.185. The van der Waals surface area contributed by atoms with E-state index in [1.165, 1.54) is 7.11 Å². The Morgan fingerprint density at radius 1 is 1.71 bits per heavy atom. The van der Waals surface area contributed by atoms with Crippen molar-refractivity contribution in [2.75, 3.05) is 13.4 Å². The Morgan fingerprint density at radius 3 is 3.07 bits per heavy atom. The number of nitrogens with zero attached hydrogens (tertiary/aromatic N) is 3. The summed E-state index contributed by atoms with van der Waals surface area (Å²) in [6.45, 7) is 0.697. The third-order valence-electron chi connectivity index (χ3n) is 1.72. The summed E-state index contributed by atoms with van der Waals surface area (Å²) < 4.78 is 6.26. The first-order valence-electron chi connectivity index (χ1n) is 4.27.